The van der Waals surface area contributed by atoms with E-state index in [1.54, 1.807) is 41.6 Å². The van der Waals surface area contributed by atoms with E-state index >= 15 is 0 Å². The number of rotatable bonds is 7. The van der Waals surface area contributed by atoms with Crippen molar-refractivity contribution in [2.45, 2.75) is 38.2 Å². The summed E-state index contributed by atoms with van der Waals surface area (Å²) in [6, 6.07) is 13.1. The molecule has 2 aliphatic rings. The molecule has 2 saturated heterocycles. The zero-order valence-corrected chi connectivity index (χ0v) is 21.6. The molecule has 2 amide bonds. The first-order valence-electron chi connectivity index (χ1n) is 13.2. The summed E-state index contributed by atoms with van der Waals surface area (Å²) in [4.78, 5) is 41.3. The van der Waals surface area contributed by atoms with Gasteiger partial charge in [0.25, 0.3) is 5.91 Å². The third kappa shape index (κ3) is 6.21. The number of carbonyl (C=O) groups excluding carboxylic acids is 2. The molecular weight excluding hydrogens is 496 g/mol. The number of hydrogen-bond acceptors (Lipinski definition) is 8. The molecule has 39 heavy (non-hydrogen) atoms. The minimum Gasteiger partial charge on any atom is -0.489 e. The number of aliphatic hydroxyl groups excluding tert-OH is 1. The second-order valence-corrected chi connectivity index (χ2v) is 9.76. The predicted octanol–water partition coefficient (Wildman–Crippen LogP) is 2.60. The Hall–Kier alpha value is -4.36. The van der Waals surface area contributed by atoms with E-state index in [0.29, 0.717) is 60.9 Å². The highest BCUT2D eigenvalue weighted by Gasteiger charge is 2.24. The number of benzene rings is 1. The number of amides is 2. The number of ether oxygens (including phenoxy) is 1. The summed E-state index contributed by atoms with van der Waals surface area (Å²) in [5, 5.41) is 18.8. The van der Waals surface area contributed by atoms with Crippen molar-refractivity contribution in [2.75, 3.05) is 32.8 Å². The smallest absolute Gasteiger partial charge is 0.272 e. The Balaban J connectivity index is 1.27. The van der Waals surface area contributed by atoms with Crippen molar-refractivity contribution < 1.29 is 19.4 Å². The van der Waals surface area contributed by atoms with Gasteiger partial charge in [0.05, 0.1) is 11.3 Å². The monoisotopic (exact) mass is 526 g/mol. The van der Waals surface area contributed by atoms with Gasteiger partial charge in [-0.2, -0.15) is 5.26 Å². The summed E-state index contributed by atoms with van der Waals surface area (Å²) < 4.78 is 6.11. The fourth-order valence-electron chi connectivity index (χ4n) is 4.99. The molecular formula is C29H30N6O4. The average molecular weight is 527 g/mol. The molecule has 5 rings (SSSR count). The molecule has 2 fully saturated rings. The van der Waals surface area contributed by atoms with E-state index < -0.39 is 6.61 Å². The molecule has 10 nitrogen and oxygen atoms in total. The van der Waals surface area contributed by atoms with E-state index in [4.69, 9.17) is 14.8 Å². The summed E-state index contributed by atoms with van der Waals surface area (Å²) >= 11 is 0. The number of likely N-dealkylation sites (tertiary alicyclic amines) is 2. The standard InChI is InChI=1S/C29H30N6O4/c30-18-22-17-21(3-4-26(22)39-23-7-13-34(14-8-23)28(37)19-36)24-6-10-32-27(33-24)16-20-5-9-31-25(15-20)29(38)35-11-1-2-12-35/h3-6,9-10,15,17,23,36H,1-2,7-8,11-14,16,19H2. The summed E-state index contributed by atoms with van der Waals surface area (Å²) in [6.45, 7) is 2.08. The third-order valence-electron chi connectivity index (χ3n) is 7.12. The lowest BCUT2D eigenvalue weighted by atomic mass is 10.1. The fourth-order valence-corrected chi connectivity index (χ4v) is 4.99. The molecule has 0 saturated carbocycles. The Labute approximate surface area is 226 Å². The summed E-state index contributed by atoms with van der Waals surface area (Å²) in [5.41, 5.74) is 3.19. The Morgan fingerprint density at radius 1 is 1.00 bits per heavy atom. The van der Waals surface area contributed by atoms with E-state index in [1.807, 2.05) is 17.0 Å². The summed E-state index contributed by atoms with van der Waals surface area (Å²) in [6.07, 6.45) is 6.99. The highest BCUT2D eigenvalue weighted by molar-refractivity contribution is 5.92. The van der Waals surface area contributed by atoms with Crippen molar-refractivity contribution in [2.24, 2.45) is 0 Å². The highest BCUT2D eigenvalue weighted by Crippen LogP contribution is 2.28. The molecule has 0 bridgehead atoms. The van der Waals surface area contributed by atoms with Gasteiger partial charge in [0, 0.05) is 63.4 Å². The molecule has 0 atom stereocenters. The van der Waals surface area contributed by atoms with Crippen LogP contribution >= 0.6 is 0 Å². The quantitative estimate of drug-likeness (QED) is 0.497. The van der Waals surface area contributed by atoms with Crippen LogP contribution in [0.2, 0.25) is 0 Å². The van der Waals surface area contributed by atoms with Gasteiger partial charge in [0.2, 0.25) is 5.91 Å². The minimum atomic E-state index is -0.488. The normalized spacial score (nSPS) is 15.7. The molecule has 10 heteroatoms. The van der Waals surface area contributed by atoms with Crippen LogP contribution in [0.25, 0.3) is 11.3 Å². The van der Waals surface area contributed by atoms with Crippen LogP contribution in [0.15, 0.2) is 48.8 Å². The van der Waals surface area contributed by atoms with Gasteiger partial charge in [-0.15, -0.1) is 0 Å². The number of piperidine rings is 1. The Kier molecular flexibility index (Phi) is 8.08. The van der Waals surface area contributed by atoms with Crippen LogP contribution < -0.4 is 4.74 Å². The maximum Gasteiger partial charge on any atom is 0.272 e. The molecule has 2 aromatic heterocycles. The van der Waals surface area contributed by atoms with Gasteiger partial charge >= 0.3 is 0 Å². The Bertz CT molecular complexity index is 1390. The first-order chi connectivity index (χ1) is 19.0. The molecule has 4 heterocycles. The zero-order valence-electron chi connectivity index (χ0n) is 21.6. The number of carbonyl (C=O) groups is 2. The van der Waals surface area contributed by atoms with Crippen molar-refractivity contribution in [3.63, 3.8) is 0 Å². The Morgan fingerprint density at radius 3 is 2.51 bits per heavy atom. The van der Waals surface area contributed by atoms with Gasteiger partial charge in [0.15, 0.2) is 0 Å². The predicted molar refractivity (Wildman–Crippen MR) is 142 cm³/mol. The first kappa shape index (κ1) is 26.3. The second-order valence-electron chi connectivity index (χ2n) is 9.76. The van der Waals surface area contributed by atoms with E-state index in [-0.39, 0.29) is 17.9 Å². The van der Waals surface area contributed by atoms with Crippen molar-refractivity contribution in [1.82, 2.24) is 24.8 Å². The molecule has 2 aliphatic heterocycles. The number of hydrogen-bond donors (Lipinski definition) is 1. The molecule has 1 aromatic carbocycles. The van der Waals surface area contributed by atoms with Crippen LogP contribution in [-0.4, -0.2) is 80.6 Å². The summed E-state index contributed by atoms with van der Waals surface area (Å²) in [7, 11) is 0. The first-order valence-corrected chi connectivity index (χ1v) is 13.2. The Morgan fingerprint density at radius 2 is 1.77 bits per heavy atom. The van der Waals surface area contributed by atoms with Crippen molar-refractivity contribution in [3.05, 3.63) is 71.4 Å². The maximum atomic E-state index is 12.7. The van der Waals surface area contributed by atoms with Crippen LogP contribution in [0, 0.1) is 11.3 Å². The molecule has 1 N–H and O–H groups in total. The molecule has 0 unspecified atom stereocenters. The number of nitrogens with zero attached hydrogens (tertiary/aromatic N) is 6. The van der Waals surface area contributed by atoms with Crippen molar-refractivity contribution in [1.29, 1.82) is 5.26 Å². The average Bonchev–Trinajstić information content (AvgIpc) is 3.52. The molecule has 0 aliphatic carbocycles. The molecule has 3 aromatic rings. The van der Waals surface area contributed by atoms with Crippen molar-refractivity contribution in [3.8, 4) is 23.1 Å². The van der Waals surface area contributed by atoms with Crippen LogP contribution in [0.1, 0.15) is 53.1 Å². The zero-order chi connectivity index (χ0) is 27.2. The van der Waals surface area contributed by atoms with Gasteiger partial charge in [-0.05, 0) is 54.8 Å². The van der Waals surface area contributed by atoms with Gasteiger partial charge < -0.3 is 19.6 Å². The number of nitriles is 1. The fraction of sp³-hybridized carbons (Fsp3) is 0.379. The van der Waals surface area contributed by atoms with E-state index in [2.05, 4.69) is 16.0 Å². The third-order valence-corrected chi connectivity index (χ3v) is 7.12. The highest BCUT2D eigenvalue weighted by atomic mass is 16.5. The van der Waals surface area contributed by atoms with Gasteiger partial charge in [0.1, 0.15) is 36.0 Å². The topological polar surface area (TPSA) is 133 Å². The molecule has 200 valence electrons. The van der Waals surface area contributed by atoms with Crippen LogP contribution in [0.5, 0.6) is 5.75 Å². The molecule has 0 spiro atoms. The largest absolute Gasteiger partial charge is 0.489 e. The van der Waals surface area contributed by atoms with Crippen LogP contribution in [0.4, 0.5) is 0 Å². The second kappa shape index (κ2) is 12.0. The van der Waals surface area contributed by atoms with Crippen molar-refractivity contribution >= 4 is 11.8 Å². The van der Waals surface area contributed by atoms with E-state index in [0.717, 1.165) is 37.1 Å². The number of aromatic nitrogens is 3. The molecule has 0 radical (unpaired) electrons. The lowest BCUT2D eigenvalue weighted by Crippen LogP contribution is -2.42. The maximum absolute atomic E-state index is 12.7. The van der Waals surface area contributed by atoms with Gasteiger partial charge in [-0.25, -0.2) is 9.97 Å². The van der Waals surface area contributed by atoms with Gasteiger partial charge in [-0.3, -0.25) is 14.6 Å². The lowest BCUT2D eigenvalue weighted by Gasteiger charge is -2.32. The number of aliphatic hydroxyl groups is 1. The van der Waals surface area contributed by atoms with Crippen LogP contribution in [-0.2, 0) is 11.2 Å². The van der Waals surface area contributed by atoms with E-state index in [9.17, 15) is 14.9 Å². The van der Waals surface area contributed by atoms with E-state index in [1.165, 1.54) is 0 Å². The summed E-state index contributed by atoms with van der Waals surface area (Å²) in [5.74, 6) is 0.773. The SMILES string of the molecule is N#Cc1cc(-c2ccnc(Cc3ccnc(C(=O)N4CCCC4)c3)n2)ccc1OC1CCN(C(=O)CO)CC1. The minimum absolute atomic E-state index is 0.0421. The van der Waals surface area contributed by atoms with Gasteiger partial charge in [-0.1, -0.05) is 0 Å². The van der Waals surface area contributed by atoms with Crippen LogP contribution in [0.3, 0.4) is 0 Å². The lowest BCUT2D eigenvalue weighted by molar-refractivity contribution is -0.135. The number of pyridine rings is 1.